The van der Waals surface area contributed by atoms with Crippen LogP contribution in [0.5, 0.6) is 0 Å². The molecule has 2 aliphatic heterocycles. The van der Waals surface area contributed by atoms with Crippen molar-refractivity contribution >= 4 is 11.8 Å². The van der Waals surface area contributed by atoms with Crippen LogP contribution < -0.4 is 10.2 Å². The fourth-order valence-electron chi connectivity index (χ4n) is 3.31. The van der Waals surface area contributed by atoms with Gasteiger partial charge in [-0.3, -0.25) is 0 Å². The Morgan fingerprint density at radius 3 is 3.11 bits per heavy atom. The number of anilines is 1. The first-order valence-electron chi connectivity index (χ1n) is 6.84. The number of carboxylic acids is 1. The van der Waals surface area contributed by atoms with Crippen LogP contribution in [-0.2, 0) is 0 Å². The molecule has 5 nitrogen and oxygen atoms in total. The molecule has 1 aromatic rings. The van der Waals surface area contributed by atoms with Gasteiger partial charge in [0.05, 0.1) is 0 Å². The van der Waals surface area contributed by atoms with Gasteiger partial charge in [-0.25, -0.2) is 9.78 Å². The Labute approximate surface area is 112 Å². The number of nitrogens with one attached hydrogen (secondary N) is 1. The maximum Gasteiger partial charge on any atom is 0.339 e. The highest BCUT2D eigenvalue weighted by molar-refractivity contribution is 5.93. The number of aromatic nitrogens is 1. The summed E-state index contributed by atoms with van der Waals surface area (Å²) < 4.78 is 0. The van der Waals surface area contributed by atoms with Crippen LogP contribution in [0, 0.1) is 5.41 Å². The fraction of sp³-hybridized carbons (Fsp3) is 0.571. The summed E-state index contributed by atoms with van der Waals surface area (Å²) in [6.45, 7) is 3.96. The van der Waals surface area contributed by atoms with Crippen molar-refractivity contribution < 1.29 is 9.90 Å². The molecule has 3 heterocycles. The van der Waals surface area contributed by atoms with E-state index in [0.717, 1.165) is 32.6 Å². The lowest BCUT2D eigenvalue weighted by Crippen LogP contribution is -2.42. The number of nitrogens with zero attached hydrogens (tertiary/aromatic N) is 2. The summed E-state index contributed by atoms with van der Waals surface area (Å²) in [6.07, 6.45) is 5.23. The summed E-state index contributed by atoms with van der Waals surface area (Å²) >= 11 is 0. The number of carboxylic acid groups (broad SMARTS) is 1. The summed E-state index contributed by atoms with van der Waals surface area (Å²) in [5, 5.41) is 12.7. The second kappa shape index (κ2) is 4.81. The Bertz CT molecular complexity index is 483. The van der Waals surface area contributed by atoms with Crippen LogP contribution in [0.4, 0.5) is 5.82 Å². The minimum absolute atomic E-state index is 0.309. The predicted octanol–water partition coefficient (Wildman–Crippen LogP) is 1.36. The molecule has 1 aromatic heterocycles. The van der Waals surface area contributed by atoms with E-state index in [1.165, 1.54) is 12.8 Å². The zero-order chi connectivity index (χ0) is 13.3. The summed E-state index contributed by atoms with van der Waals surface area (Å²) in [4.78, 5) is 17.7. The van der Waals surface area contributed by atoms with E-state index in [0.29, 0.717) is 16.8 Å². The fourth-order valence-corrected chi connectivity index (χ4v) is 3.31. The van der Waals surface area contributed by atoms with Crippen molar-refractivity contribution in [2.75, 3.05) is 31.1 Å². The molecule has 2 fully saturated rings. The number of hydrogen-bond acceptors (Lipinski definition) is 4. The number of piperidine rings is 1. The third-order valence-corrected chi connectivity index (χ3v) is 4.32. The van der Waals surface area contributed by atoms with Crippen LogP contribution in [-0.4, -0.2) is 42.2 Å². The molecule has 2 saturated heterocycles. The molecule has 1 spiro atoms. The zero-order valence-electron chi connectivity index (χ0n) is 10.9. The second-order valence-electron chi connectivity index (χ2n) is 5.63. The number of carbonyl (C=O) groups is 1. The third-order valence-electron chi connectivity index (χ3n) is 4.32. The van der Waals surface area contributed by atoms with Gasteiger partial charge in [-0.1, -0.05) is 0 Å². The van der Waals surface area contributed by atoms with Crippen LogP contribution in [0.2, 0.25) is 0 Å². The summed E-state index contributed by atoms with van der Waals surface area (Å²) in [7, 11) is 0. The van der Waals surface area contributed by atoms with Gasteiger partial charge in [0.25, 0.3) is 0 Å². The first-order chi connectivity index (χ1) is 9.20. The topological polar surface area (TPSA) is 65.5 Å². The second-order valence-corrected chi connectivity index (χ2v) is 5.63. The molecule has 0 aromatic carbocycles. The monoisotopic (exact) mass is 261 g/mol. The smallest absolute Gasteiger partial charge is 0.339 e. The quantitative estimate of drug-likeness (QED) is 0.841. The van der Waals surface area contributed by atoms with Crippen molar-refractivity contribution in [3.63, 3.8) is 0 Å². The molecule has 102 valence electrons. The highest BCUT2D eigenvalue weighted by atomic mass is 16.4. The van der Waals surface area contributed by atoms with Gasteiger partial charge in [-0.05, 0) is 37.9 Å². The molecule has 3 rings (SSSR count). The summed E-state index contributed by atoms with van der Waals surface area (Å²) in [5.41, 5.74) is 0.620. The predicted molar refractivity (Wildman–Crippen MR) is 72.6 cm³/mol. The first kappa shape index (κ1) is 12.4. The standard InChI is InChI=1S/C14H19N3O2/c18-13(19)11-3-1-7-16-12(11)17-8-5-14(10-17)4-2-6-15-9-14/h1,3,7,15H,2,4-6,8-10H2,(H,18,19). The summed E-state index contributed by atoms with van der Waals surface area (Å²) in [6, 6.07) is 3.32. The maximum absolute atomic E-state index is 11.3. The van der Waals surface area contributed by atoms with Gasteiger partial charge < -0.3 is 15.3 Å². The van der Waals surface area contributed by atoms with Crippen LogP contribution in [0.1, 0.15) is 29.6 Å². The Morgan fingerprint density at radius 1 is 1.47 bits per heavy atom. The molecular formula is C14H19N3O2. The summed E-state index contributed by atoms with van der Waals surface area (Å²) in [5.74, 6) is -0.275. The normalized spacial score (nSPS) is 26.8. The molecule has 2 N–H and O–H groups in total. The van der Waals surface area contributed by atoms with Gasteiger partial charge >= 0.3 is 5.97 Å². The number of rotatable bonds is 2. The van der Waals surface area contributed by atoms with E-state index < -0.39 is 5.97 Å². The van der Waals surface area contributed by atoms with E-state index >= 15 is 0 Å². The SMILES string of the molecule is O=C(O)c1cccnc1N1CCC2(CCCNC2)C1. The largest absolute Gasteiger partial charge is 0.478 e. The van der Waals surface area contributed by atoms with E-state index in [2.05, 4.69) is 15.2 Å². The molecule has 0 bridgehead atoms. The molecule has 0 radical (unpaired) electrons. The van der Waals surface area contributed by atoms with Gasteiger partial charge in [0, 0.05) is 31.2 Å². The van der Waals surface area contributed by atoms with Crippen LogP contribution in [0.25, 0.3) is 0 Å². The molecule has 0 saturated carbocycles. The Balaban J connectivity index is 1.83. The van der Waals surface area contributed by atoms with Crippen molar-refractivity contribution in [3.8, 4) is 0 Å². The average Bonchev–Trinajstić information content (AvgIpc) is 2.83. The highest BCUT2D eigenvalue weighted by Gasteiger charge is 2.40. The zero-order valence-corrected chi connectivity index (χ0v) is 10.9. The van der Waals surface area contributed by atoms with Gasteiger partial charge in [0.2, 0.25) is 0 Å². The third kappa shape index (κ3) is 2.30. The first-order valence-corrected chi connectivity index (χ1v) is 6.84. The average molecular weight is 261 g/mol. The molecule has 5 heteroatoms. The lowest BCUT2D eigenvalue weighted by Gasteiger charge is -2.34. The highest BCUT2D eigenvalue weighted by Crippen LogP contribution is 2.38. The van der Waals surface area contributed by atoms with Crippen LogP contribution in [0.3, 0.4) is 0 Å². The number of pyridine rings is 1. The Kier molecular flexibility index (Phi) is 3.14. The maximum atomic E-state index is 11.3. The molecule has 19 heavy (non-hydrogen) atoms. The van der Waals surface area contributed by atoms with E-state index in [4.69, 9.17) is 0 Å². The Hall–Kier alpha value is -1.62. The van der Waals surface area contributed by atoms with Gasteiger partial charge in [0.1, 0.15) is 11.4 Å². The minimum atomic E-state index is -0.897. The van der Waals surface area contributed by atoms with E-state index in [-0.39, 0.29) is 0 Å². The molecule has 1 unspecified atom stereocenters. The minimum Gasteiger partial charge on any atom is -0.478 e. The molecule has 1 atom stereocenters. The number of hydrogen-bond donors (Lipinski definition) is 2. The van der Waals surface area contributed by atoms with Crippen molar-refractivity contribution in [1.29, 1.82) is 0 Å². The van der Waals surface area contributed by atoms with Crippen LogP contribution in [0.15, 0.2) is 18.3 Å². The van der Waals surface area contributed by atoms with Gasteiger partial charge in [-0.2, -0.15) is 0 Å². The van der Waals surface area contributed by atoms with Crippen molar-refractivity contribution in [1.82, 2.24) is 10.3 Å². The molecule has 2 aliphatic rings. The van der Waals surface area contributed by atoms with Gasteiger partial charge in [-0.15, -0.1) is 0 Å². The molecule has 0 aliphatic carbocycles. The number of aromatic carboxylic acids is 1. The van der Waals surface area contributed by atoms with E-state index in [1.54, 1.807) is 18.3 Å². The van der Waals surface area contributed by atoms with Crippen molar-refractivity contribution in [2.24, 2.45) is 5.41 Å². The lowest BCUT2D eigenvalue weighted by molar-refractivity contribution is 0.0697. The van der Waals surface area contributed by atoms with Crippen molar-refractivity contribution in [2.45, 2.75) is 19.3 Å². The van der Waals surface area contributed by atoms with E-state index in [9.17, 15) is 9.90 Å². The van der Waals surface area contributed by atoms with Gasteiger partial charge in [0.15, 0.2) is 0 Å². The van der Waals surface area contributed by atoms with Crippen LogP contribution >= 0.6 is 0 Å². The lowest BCUT2D eigenvalue weighted by atomic mass is 9.80. The van der Waals surface area contributed by atoms with E-state index in [1.807, 2.05) is 0 Å². The molecular weight excluding hydrogens is 242 g/mol. The van der Waals surface area contributed by atoms with Crippen molar-refractivity contribution in [3.05, 3.63) is 23.9 Å². The Morgan fingerprint density at radius 2 is 2.37 bits per heavy atom. The molecule has 0 amide bonds.